The number of hydrogen-bond donors (Lipinski definition) is 1. The van der Waals surface area contributed by atoms with Gasteiger partial charge in [0.25, 0.3) is 0 Å². The van der Waals surface area contributed by atoms with E-state index >= 15 is 0 Å². The Labute approximate surface area is 92.5 Å². The molecule has 1 amide bonds. The number of ether oxygens (including phenoxy) is 2. The summed E-state index contributed by atoms with van der Waals surface area (Å²) in [5.74, 6) is 0.0948. The molecule has 0 saturated carbocycles. The van der Waals surface area contributed by atoms with Crippen molar-refractivity contribution in [1.29, 1.82) is 0 Å². The van der Waals surface area contributed by atoms with Crippen molar-refractivity contribution < 1.29 is 14.3 Å². The maximum Gasteiger partial charge on any atom is 0.225 e. The number of nitrogens with one attached hydrogen (secondary N) is 1. The van der Waals surface area contributed by atoms with E-state index in [1.54, 1.807) is 7.11 Å². The van der Waals surface area contributed by atoms with Crippen molar-refractivity contribution in [3.63, 3.8) is 0 Å². The molecule has 2 unspecified atom stereocenters. The molecule has 1 aliphatic rings. The van der Waals surface area contributed by atoms with E-state index in [-0.39, 0.29) is 17.9 Å². The minimum absolute atomic E-state index is 0.0217. The Bertz CT molecular complexity index is 183. The van der Waals surface area contributed by atoms with Gasteiger partial charge in [0, 0.05) is 19.0 Å². The number of amides is 1. The van der Waals surface area contributed by atoms with E-state index in [2.05, 4.69) is 21.2 Å². The quantitative estimate of drug-likeness (QED) is 0.739. The van der Waals surface area contributed by atoms with Crippen molar-refractivity contribution in [1.82, 2.24) is 5.32 Å². The van der Waals surface area contributed by atoms with Crippen LogP contribution in [0.25, 0.3) is 0 Å². The van der Waals surface area contributed by atoms with E-state index < -0.39 is 0 Å². The molecule has 1 rings (SSSR count). The van der Waals surface area contributed by atoms with Crippen LogP contribution in [0.3, 0.4) is 0 Å². The van der Waals surface area contributed by atoms with Crippen molar-refractivity contribution >= 4 is 21.8 Å². The van der Waals surface area contributed by atoms with Gasteiger partial charge in [0.05, 0.1) is 25.2 Å². The van der Waals surface area contributed by atoms with Gasteiger partial charge >= 0.3 is 0 Å². The Hall–Kier alpha value is -0.130. The fourth-order valence-electron chi connectivity index (χ4n) is 1.39. The minimum Gasteiger partial charge on any atom is -0.383 e. The first-order valence-corrected chi connectivity index (χ1v) is 5.83. The van der Waals surface area contributed by atoms with Crippen LogP contribution in [0.1, 0.15) is 6.42 Å². The molecule has 82 valence electrons. The van der Waals surface area contributed by atoms with E-state index in [4.69, 9.17) is 9.47 Å². The van der Waals surface area contributed by atoms with Crippen molar-refractivity contribution in [3.8, 4) is 0 Å². The lowest BCUT2D eigenvalue weighted by atomic mass is 10.1. The normalized spacial score (nSPS) is 23.4. The first-order chi connectivity index (χ1) is 6.77. The molecule has 1 N–H and O–H groups in total. The summed E-state index contributed by atoms with van der Waals surface area (Å²) in [5, 5.41) is 3.63. The Morgan fingerprint density at radius 1 is 1.79 bits per heavy atom. The number of hydrogen-bond acceptors (Lipinski definition) is 3. The molecule has 0 aliphatic carbocycles. The maximum absolute atomic E-state index is 11.6. The van der Waals surface area contributed by atoms with Crippen LogP contribution in [0.5, 0.6) is 0 Å². The molecule has 0 aromatic heterocycles. The lowest BCUT2D eigenvalue weighted by Gasteiger charge is -2.17. The van der Waals surface area contributed by atoms with Gasteiger partial charge in [-0.25, -0.2) is 0 Å². The first kappa shape index (κ1) is 11.9. The van der Waals surface area contributed by atoms with E-state index in [0.29, 0.717) is 25.2 Å². The van der Waals surface area contributed by atoms with Crippen LogP contribution in [0.4, 0.5) is 0 Å². The highest BCUT2D eigenvalue weighted by Crippen LogP contribution is 2.12. The van der Waals surface area contributed by atoms with Gasteiger partial charge in [0.1, 0.15) is 0 Å². The largest absolute Gasteiger partial charge is 0.383 e. The average molecular weight is 266 g/mol. The molecule has 0 radical (unpaired) electrons. The first-order valence-electron chi connectivity index (χ1n) is 4.71. The molecule has 2 atom stereocenters. The van der Waals surface area contributed by atoms with E-state index in [0.717, 1.165) is 6.42 Å². The van der Waals surface area contributed by atoms with Crippen LogP contribution in [0, 0.1) is 5.92 Å². The molecule has 0 aromatic rings. The topological polar surface area (TPSA) is 47.6 Å². The molecule has 4 nitrogen and oxygen atoms in total. The number of halogens is 1. The summed E-state index contributed by atoms with van der Waals surface area (Å²) in [6.07, 6.45) is 0.827. The summed E-state index contributed by atoms with van der Waals surface area (Å²) in [6.45, 7) is 1.78. The highest BCUT2D eigenvalue weighted by molar-refractivity contribution is 9.09. The molecule has 1 fully saturated rings. The zero-order chi connectivity index (χ0) is 10.4. The molecule has 14 heavy (non-hydrogen) atoms. The predicted molar refractivity (Wildman–Crippen MR) is 56.5 cm³/mol. The number of rotatable bonds is 5. The van der Waals surface area contributed by atoms with Crippen molar-refractivity contribution in [3.05, 3.63) is 0 Å². The van der Waals surface area contributed by atoms with Gasteiger partial charge < -0.3 is 14.8 Å². The average Bonchev–Trinajstić information content (AvgIpc) is 2.69. The SMILES string of the molecule is COCC(CBr)NC(=O)C1CCOC1. The number of carbonyl (C=O) groups is 1. The molecule has 0 aromatic carbocycles. The molecule has 1 heterocycles. The Morgan fingerprint density at radius 2 is 2.57 bits per heavy atom. The van der Waals surface area contributed by atoms with E-state index in [1.807, 2.05) is 0 Å². The van der Waals surface area contributed by atoms with Gasteiger partial charge in [-0.15, -0.1) is 0 Å². The van der Waals surface area contributed by atoms with Gasteiger partial charge in [0.15, 0.2) is 0 Å². The Kier molecular flexibility index (Phi) is 5.44. The van der Waals surface area contributed by atoms with Gasteiger partial charge in [-0.2, -0.15) is 0 Å². The van der Waals surface area contributed by atoms with Gasteiger partial charge in [-0.3, -0.25) is 4.79 Å². The third kappa shape index (κ3) is 3.55. The van der Waals surface area contributed by atoms with Crippen LogP contribution in [0.15, 0.2) is 0 Å². The Morgan fingerprint density at radius 3 is 3.07 bits per heavy atom. The third-order valence-corrected chi connectivity index (χ3v) is 2.98. The molecule has 5 heteroatoms. The highest BCUT2D eigenvalue weighted by Gasteiger charge is 2.24. The maximum atomic E-state index is 11.6. The van der Waals surface area contributed by atoms with Crippen molar-refractivity contribution in [2.24, 2.45) is 5.92 Å². The van der Waals surface area contributed by atoms with Gasteiger partial charge in [-0.05, 0) is 6.42 Å². The smallest absolute Gasteiger partial charge is 0.225 e. The second-order valence-electron chi connectivity index (χ2n) is 3.38. The Balaban J connectivity index is 2.29. The summed E-state index contributed by atoms with van der Waals surface area (Å²) in [5.41, 5.74) is 0. The standard InChI is InChI=1S/C9H16BrNO3/c1-13-6-8(4-10)11-9(12)7-2-3-14-5-7/h7-8H,2-6H2,1H3,(H,11,12). The zero-order valence-electron chi connectivity index (χ0n) is 8.29. The minimum atomic E-state index is 0.0217. The molecular formula is C9H16BrNO3. The fraction of sp³-hybridized carbons (Fsp3) is 0.889. The lowest BCUT2D eigenvalue weighted by molar-refractivity contribution is -0.125. The third-order valence-electron chi connectivity index (χ3n) is 2.20. The molecule has 1 saturated heterocycles. The summed E-state index contributed by atoms with van der Waals surface area (Å²) in [7, 11) is 1.63. The highest BCUT2D eigenvalue weighted by atomic mass is 79.9. The second kappa shape index (κ2) is 6.37. The summed E-state index contributed by atoms with van der Waals surface area (Å²) < 4.78 is 10.1. The predicted octanol–water partition coefficient (Wildman–Crippen LogP) is 0.549. The number of carbonyl (C=O) groups excluding carboxylic acids is 1. The molecule has 1 aliphatic heterocycles. The van der Waals surface area contributed by atoms with Crippen LogP contribution in [0.2, 0.25) is 0 Å². The molecular weight excluding hydrogens is 250 g/mol. The van der Waals surface area contributed by atoms with Crippen LogP contribution in [-0.4, -0.2) is 44.2 Å². The fourth-order valence-corrected chi connectivity index (χ4v) is 1.74. The van der Waals surface area contributed by atoms with Crippen LogP contribution in [-0.2, 0) is 14.3 Å². The molecule has 0 spiro atoms. The van der Waals surface area contributed by atoms with E-state index in [9.17, 15) is 4.79 Å². The summed E-state index contributed by atoms with van der Waals surface area (Å²) >= 11 is 3.33. The summed E-state index contributed by atoms with van der Waals surface area (Å²) in [6, 6.07) is 0.0492. The van der Waals surface area contributed by atoms with Gasteiger partial charge in [-0.1, -0.05) is 15.9 Å². The van der Waals surface area contributed by atoms with Gasteiger partial charge in [0.2, 0.25) is 5.91 Å². The molecule has 0 bridgehead atoms. The van der Waals surface area contributed by atoms with Crippen LogP contribution >= 0.6 is 15.9 Å². The van der Waals surface area contributed by atoms with Crippen LogP contribution < -0.4 is 5.32 Å². The monoisotopic (exact) mass is 265 g/mol. The van der Waals surface area contributed by atoms with E-state index in [1.165, 1.54) is 0 Å². The second-order valence-corrected chi connectivity index (χ2v) is 4.02. The summed E-state index contributed by atoms with van der Waals surface area (Å²) in [4.78, 5) is 11.6. The van der Waals surface area contributed by atoms with Crippen molar-refractivity contribution in [2.45, 2.75) is 12.5 Å². The lowest BCUT2D eigenvalue weighted by Crippen LogP contribution is -2.42. The number of methoxy groups -OCH3 is 1. The zero-order valence-corrected chi connectivity index (χ0v) is 9.88. The number of alkyl halides is 1. The van der Waals surface area contributed by atoms with Crippen molar-refractivity contribution in [2.75, 3.05) is 32.3 Å².